The highest BCUT2D eigenvalue weighted by atomic mass is 31.2. The Bertz CT molecular complexity index is 1760. The van der Waals surface area contributed by atoms with E-state index in [-0.39, 0.29) is 24.9 Å². The van der Waals surface area contributed by atoms with Crippen molar-refractivity contribution in [3.8, 4) is 0 Å². The third kappa shape index (κ3) is 63.4. The predicted octanol–water partition coefficient (Wildman–Crippen LogP) is 21.7. The number of amides is 1. The molecule has 3 unspecified atom stereocenters. The SMILES string of the molecule is CCCCC/C=C\C/C=C\C/C=C\C/C=C\CCCCCCCC(=O)OC(/C=C\CCCCCCCCCCCC)C(COP(=O)([O-])OCC[N+](C)(C)C)NC(=O)CCCCCCCCCCCCCC/C=C\C/C=C\C/C=C\CCCCC. The molecule has 0 rings (SSSR count). The van der Waals surface area contributed by atoms with E-state index in [1.165, 1.54) is 161 Å². The molecule has 0 spiro atoms. The van der Waals surface area contributed by atoms with E-state index < -0.39 is 26.6 Å². The Morgan fingerprint density at radius 2 is 0.726 bits per heavy atom. The Balaban J connectivity index is 5.13. The van der Waals surface area contributed by atoms with E-state index >= 15 is 0 Å². The molecule has 9 nitrogen and oxygen atoms in total. The molecule has 0 saturated heterocycles. The number of likely N-dealkylation sites (N-methyl/N-ethyl adjacent to an activating group) is 1. The number of ether oxygens (including phenoxy) is 1. The fourth-order valence-electron chi connectivity index (χ4n) is 9.81. The van der Waals surface area contributed by atoms with Crippen molar-refractivity contribution in [1.82, 2.24) is 5.32 Å². The molecule has 0 aliphatic heterocycles. The number of carbonyl (C=O) groups is 2. The maximum atomic E-state index is 13.6. The summed E-state index contributed by atoms with van der Waals surface area (Å²) in [6.07, 6.45) is 85.2. The minimum Gasteiger partial charge on any atom is -0.756 e. The van der Waals surface area contributed by atoms with Crippen LogP contribution in [0.4, 0.5) is 0 Å². The van der Waals surface area contributed by atoms with E-state index in [1.807, 2.05) is 33.3 Å². The van der Waals surface area contributed by atoms with Crippen LogP contribution in [0.2, 0.25) is 0 Å². The van der Waals surface area contributed by atoms with Gasteiger partial charge in [0.25, 0.3) is 7.82 Å². The van der Waals surface area contributed by atoms with Crippen molar-refractivity contribution in [1.29, 1.82) is 0 Å². The average molecular weight is 1190 g/mol. The second-order valence-electron chi connectivity index (χ2n) is 24.7. The Labute approximate surface area is 519 Å². The van der Waals surface area contributed by atoms with E-state index in [4.69, 9.17) is 13.8 Å². The van der Waals surface area contributed by atoms with Crippen LogP contribution in [-0.4, -0.2) is 69.4 Å². The Kier molecular flexibility index (Phi) is 60.7. The minimum atomic E-state index is -4.71. The zero-order chi connectivity index (χ0) is 61.4. The van der Waals surface area contributed by atoms with Crippen LogP contribution >= 0.6 is 7.82 Å². The highest BCUT2D eigenvalue weighted by molar-refractivity contribution is 7.45. The topological polar surface area (TPSA) is 114 Å². The van der Waals surface area contributed by atoms with E-state index in [2.05, 4.69) is 111 Å². The van der Waals surface area contributed by atoms with Crippen molar-refractivity contribution in [3.05, 3.63) is 97.2 Å². The van der Waals surface area contributed by atoms with Crippen LogP contribution in [0, 0.1) is 0 Å². The van der Waals surface area contributed by atoms with Gasteiger partial charge in [0.2, 0.25) is 5.91 Å². The number of carbonyl (C=O) groups excluding carboxylic acids is 2. The van der Waals surface area contributed by atoms with Crippen LogP contribution in [0.25, 0.3) is 0 Å². The van der Waals surface area contributed by atoms with Crippen molar-refractivity contribution >= 4 is 19.7 Å². The molecule has 0 bridgehead atoms. The van der Waals surface area contributed by atoms with Crippen molar-refractivity contribution in [2.45, 2.75) is 322 Å². The third-order valence-corrected chi connectivity index (χ3v) is 16.2. The van der Waals surface area contributed by atoms with Gasteiger partial charge in [-0.25, -0.2) is 0 Å². The molecule has 10 heteroatoms. The Hall–Kier alpha value is -3.07. The van der Waals surface area contributed by atoms with Gasteiger partial charge in [0.15, 0.2) is 0 Å². The molecule has 0 saturated carbocycles. The molecule has 3 atom stereocenters. The summed E-state index contributed by atoms with van der Waals surface area (Å²) in [5, 5.41) is 3.04. The van der Waals surface area contributed by atoms with Crippen LogP contribution in [-0.2, 0) is 27.9 Å². The third-order valence-electron chi connectivity index (χ3n) is 15.2. The molecule has 1 N–H and O–H groups in total. The molecular weight excluding hydrogens is 1060 g/mol. The number of nitrogens with zero attached hydrogens (tertiary/aromatic N) is 1. The lowest BCUT2D eigenvalue weighted by molar-refractivity contribution is -0.870. The average Bonchev–Trinajstić information content (AvgIpc) is 3.65. The molecule has 0 aliphatic rings. The molecule has 0 aromatic heterocycles. The fourth-order valence-corrected chi connectivity index (χ4v) is 10.5. The maximum Gasteiger partial charge on any atom is 0.306 e. The van der Waals surface area contributed by atoms with Gasteiger partial charge in [-0.05, 0) is 115 Å². The van der Waals surface area contributed by atoms with Gasteiger partial charge >= 0.3 is 5.97 Å². The van der Waals surface area contributed by atoms with Gasteiger partial charge in [-0.1, -0.05) is 279 Å². The van der Waals surface area contributed by atoms with Gasteiger partial charge < -0.3 is 28.5 Å². The summed E-state index contributed by atoms with van der Waals surface area (Å²) in [5.74, 6) is -0.561. The normalized spacial score (nSPS) is 14.1. The van der Waals surface area contributed by atoms with Gasteiger partial charge in [0.05, 0.1) is 33.8 Å². The number of allylic oxidation sites excluding steroid dienone is 15. The van der Waals surface area contributed by atoms with Gasteiger partial charge in [0.1, 0.15) is 19.3 Å². The maximum absolute atomic E-state index is 13.6. The molecular formula is C74H133N2O7P. The van der Waals surface area contributed by atoms with E-state index in [0.717, 1.165) is 109 Å². The Morgan fingerprint density at radius 3 is 1.11 bits per heavy atom. The molecule has 0 aliphatic carbocycles. The van der Waals surface area contributed by atoms with Crippen LogP contribution in [0.3, 0.4) is 0 Å². The molecule has 0 heterocycles. The second-order valence-corrected chi connectivity index (χ2v) is 26.1. The van der Waals surface area contributed by atoms with Crippen molar-refractivity contribution in [2.24, 2.45) is 0 Å². The number of unbranched alkanes of at least 4 members (excludes halogenated alkanes) is 33. The van der Waals surface area contributed by atoms with Crippen LogP contribution in [0.15, 0.2) is 97.2 Å². The summed E-state index contributed by atoms with van der Waals surface area (Å²) in [4.78, 5) is 40.2. The summed E-state index contributed by atoms with van der Waals surface area (Å²) < 4.78 is 30.4. The summed E-state index contributed by atoms with van der Waals surface area (Å²) in [6.45, 7) is 6.79. The first-order valence-corrected chi connectivity index (χ1v) is 36.5. The number of hydrogen-bond acceptors (Lipinski definition) is 7. The number of phosphoric ester groups is 1. The van der Waals surface area contributed by atoms with E-state index in [0.29, 0.717) is 23.9 Å². The largest absolute Gasteiger partial charge is 0.756 e. The Morgan fingerprint density at radius 1 is 0.417 bits per heavy atom. The first-order valence-electron chi connectivity index (χ1n) is 35.0. The van der Waals surface area contributed by atoms with Crippen molar-refractivity contribution < 1.29 is 37.3 Å². The minimum absolute atomic E-state index is 0.0296. The highest BCUT2D eigenvalue weighted by Crippen LogP contribution is 2.38. The summed E-state index contributed by atoms with van der Waals surface area (Å²) in [6, 6.07) is -0.903. The first kappa shape index (κ1) is 80.9. The van der Waals surface area contributed by atoms with Crippen molar-refractivity contribution in [3.63, 3.8) is 0 Å². The lowest BCUT2D eigenvalue weighted by atomic mass is 10.0. The van der Waals surface area contributed by atoms with Gasteiger partial charge in [-0.3, -0.25) is 14.2 Å². The predicted molar refractivity (Wildman–Crippen MR) is 362 cm³/mol. The summed E-state index contributed by atoms with van der Waals surface area (Å²) in [5.41, 5.74) is 0. The number of phosphoric acid groups is 1. The molecule has 84 heavy (non-hydrogen) atoms. The fraction of sp³-hybridized carbons (Fsp3) is 0.757. The van der Waals surface area contributed by atoms with Crippen LogP contribution < -0.4 is 10.2 Å². The number of hydrogen-bond donors (Lipinski definition) is 1. The quantitative estimate of drug-likeness (QED) is 0.0212. The van der Waals surface area contributed by atoms with Gasteiger partial charge in [-0.15, -0.1) is 0 Å². The standard InChI is InChI=1S/C74H133N2O7P/c1-7-10-13-16-19-22-25-28-30-32-34-36-37-38-39-41-42-44-46-48-51-54-57-60-63-66-73(77)75-71(70-82-84(79,80)81-69-68-76(4,5)6)72(65-62-59-56-53-50-27-24-21-18-15-12-9-3)83-74(78)67-64-61-58-55-52-49-47-45-43-40-35-33-31-29-26-23-20-17-14-11-8-2/h19-20,22-23,28-31,34-36,40,45,47,62,65,71-72H,7-18,21,24-27,32-33,37-39,41-44,46,48-61,63-64,66-70H2,1-6H3,(H-,75,77,79,80)/b22-19-,23-20-,30-28-,31-29-,36-34-,40-35-,47-45-,65-62-. The molecule has 1 amide bonds. The lowest BCUT2D eigenvalue weighted by Gasteiger charge is -2.30. The van der Waals surface area contributed by atoms with Gasteiger partial charge in [0, 0.05) is 12.8 Å². The number of nitrogens with one attached hydrogen (secondary N) is 1. The molecule has 0 radical (unpaired) electrons. The smallest absolute Gasteiger partial charge is 0.306 e. The second kappa shape index (κ2) is 63.0. The number of esters is 1. The number of rotatable bonds is 63. The molecule has 0 fully saturated rings. The molecule has 486 valence electrons. The lowest BCUT2D eigenvalue weighted by Crippen LogP contribution is -2.47. The van der Waals surface area contributed by atoms with Crippen molar-refractivity contribution in [2.75, 3.05) is 40.9 Å². The molecule has 0 aromatic carbocycles. The number of quaternary nitrogens is 1. The van der Waals surface area contributed by atoms with Gasteiger partial charge in [-0.2, -0.15) is 0 Å². The summed E-state index contributed by atoms with van der Waals surface area (Å²) >= 11 is 0. The van der Waals surface area contributed by atoms with E-state index in [1.54, 1.807) is 0 Å². The first-order chi connectivity index (χ1) is 40.9. The summed E-state index contributed by atoms with van der Waals surface area (Å²) in [7, 11) is 1.17. The van der Waals surface area contributed by atoms with Crippen LogP contribution in [0.5, 0.6) is 0 Å². The molecule has 0 aromatic rings. The van der Waals surface area contributed by atoms with Crippen LogP contribution in [0.1, 0.15) is 310 Å². The highest BCUT2D eigenvalue weighted by Gasteiger charge is 2.27. The van der Waals surface area contributed by atoms with E-state index in [9.17, 15) is 19.0 Å². The zero-order valence-electron chi connectivity index (χ0n) is 55.6. The zero-order valence-corrected chi connectivity index (χ0v) is 56.5. The monoisotopic (exact) mass is 1190 g/mol.